The highest BCUT2D eigenvalue weighted by Crippen LogP contribution is 2.34. The number of nitrogens with zero attached hydrogens (tertiary/aromatic N) is 1. The van der Waals surface area contributed by atoms with Crippen LogP contribution in [0.5, 0.6) is 0 Å². The number of benzene rings is 1. The first kappa shape index (κ1) is 12.4. The number of imidazole rings is 1. The number of H-pyrrole nitrogens is 1. The van der Waals surface area contributed by atoms with Crippen LogP contribution >= 0.6 is 27.3 Å². The number of hydrogen-bond acceptors (Lipinski definition) is 3. The number of aromatic amines is 1. The summed E-state index contributed by atoms with van der Waals surface area (Å²) in [6.45, 7) is 2.01. The molecule has 4 nitrogen and oxygen atoms in total. The van der Waals surface area contributed by atoms with Crippen molar-refractivity contribution in [1.82, 2.24) is 9.97 Å². The van der Waals surface area contributed by atoms with Gasteiger partial charge in [-0.3, -0.25) is 0 Å². The first-order chi connectivity index (χ1) is 9.06. The standard InChI is InChI=1S/C13H9BrN2O2S/c1-6-5-9(19-11(6)14)12-15-8-4-2-3-7(13(17)18)10(8)16-12/h2-5H,1H3,(H,15,16)(H,17,18). The van der Waals surface area contributed by atoms with Crippen LogP contribution in [0.25, 0.3) is 21.7 Å². The molecule has 3 aromatic rings. The first-order valence-electron chi connectivity index (χ1n) is 5.54. The minimum absolute atomic E-state index is 0.215. The van der Waals surface area contributed by atoms with Crippen LogP contribution in [-0.2, 0) is 0 Å². The molecule has 96 valence electrons. The molecule has 0 saturated heterocycles. The maximum Gasteiger partial charge on any atom is 0.337 e. The van der Waals surface area contributed by atoms with Gasteiger partial charge in [0.05, 0.1) is 19.7 Å². The fourth-order valence-electron chi connectivity index (χ4n) is 1.90. The molecule has 1 aromatic carbocycles. The number of hydrogen-bond donors (Lipinski definition) is 2. The summed E-state index contributed by atoms with van der Waals surface area (Å²) in [6.07, 6.45) is 0. The van der Waals surface area contributed by atoms with Gasteiger partial charge >= 0.3 is 5.97 Å². The van der Waals surface area contributed by atoms with Gasteiger partial charge in [0.15, 0.2) is 0 Å². The smallest absolute Gasteiger partial charge is 0.337 e. The Hall–Kier alpha value is -1.66. The molecule has 6 heteroatoms. The fraction of sp³-hybridized carbons (Fsp3) is 0.0769. The lowest BCUT2D eigenvalue weighted by Gasteiger charge is -1.93. The molecule has 0 spiro atoms. The summed E-state index contributed by atoms with van der Waals surface area (Å²) in [5, 5.41) is 9.15. The van der Waals surface area contributed by atoms with E-state index in [1.54, 1.807) is 23.5 Å². The Morgan fingerprint density at radius 3 is 2.89 bits per heavy atom. The Morgan fingerprint density at radius 1 is 1.47 bits per heavy atom. The number of para-hydroxylation sites is 1. The van der Waals surface area contributed by atoms with Crippen molar-refractivity contribution in [3.05, 3.63) is 39.2 Å². The molecule has 0 amide bonds. The van der Waals surface area contributed by atoms with Crippen LogP contribution in [0.3, 0.4) is 0 Å². The number of nitrogens with one attached hydrogen (secondary N) is 1. The van der Waals surface area contributed by atoms with Gasteiger partial charge in [-0.05, 0) is 46.6 Å². The highest BCUT2D eigenvalue weighted by atomic mass is 79.9. The molecule has 0 atom stereocenters. The van der Waals surface area contributed by atoms with Gasteiger partial charge in [0.1, 0.15) is 11.3 Å². The highest BCUT2D eigenvalue weighted by Gasteiger charge is 2.14. The number of thiophene rings is 1. The van der Waals surface area contributed by atoms with E-state index in [0.29, 0.717) is 11.3 Å². The topological polar surface area (TPSA) is 66.0 Å². The Morgan fingerprint density at radius 2 is 2.26 bits per heavy atom. The SMILES string of the molecule is Cc1cc(-c2nc3c(C(=O)O)cccc3[nH]2)sc1Br. The molecular weight excluding hydrogens is 328 g/mol. The van der Waals surface area contributed by atoms with Crippen LogP contribution in [0.2, 0.25) is 0 Å². The first-order valence-corrected chi connectivity index (χ1v) is 7.15. The molecule has 0 bridgehead atoms. The fourth-order valence-corrected chi connectivity index (χ4v) is 3.38. The van der Waals surface area contributed by atoms with Crippen molar-refractivity contribution in [2.75, 3.05) is 0 Å². The Kier molecular flexibility index (Phi) is 2.91. The monoisotopic (exact) mass is 336 g/mol. The predicted molar refractivity (Wildman–Crippen MR) is 78.8 cm³/mol. The lowest BCUT2D eigenvalue weighted by atomic mass is 10.2. The number of fused-ring (bicyclic) bond motifs is 1. The quantitative estimate of drug-likeness (QED) is 0.741. The summed E-state index contributed by atoms with van der Waals surface area (Å²) in [7, 11) is 0. The third-order valence-corrected chi connectivity index (χ3v) is 4.98. The van der Waals surface area contributed by atoms with Gasteiger partial charge in [0.2, 0.25) is 0 Å². The van der Waals surface area contributed by atoms with Gasteiger partial charge in [0.25, 0.3) is 0 Å². The predicted octanol–water partition coefficient (Wildman–Crippen LogP) is 4.06. The summed E-state index contributed by atoms with van der Waals surface area (Å²) in [5.41, 5.74) is 2.58. The number of halogens is 1. The Bertz CT molecular complexity index is 772. The largest absolute Gasteiger partial charge is 0.478 e. The van der Waals surface area contributed by atoms with Gasteiger partial charge in [0, 0.05) is 0 Å². The van der Waals surface area contributed by atoms with E-state index in [0.717, 1.165) is 19.7 Å². The number of rotatable bonds is 2. The number of carboxylic acid groups (broad SMARTS) is 1. The molecular formula is C13H9BrN2O2S. The number of carboxylic acids is 1. The lowest BCUT2D eigenvalue weighted by molar-refractivity contribution is 0.0699. The van der Waals surface area contributed by atoms with Crippen molar-refractivity contribution in [3.63, 3.8) is 0 Å². The molecule has 0 saturated carbocycles. The third-order valence-electron chi connectivity index (χ3n) is 2.83. The van der Waals surface area contributed by atoms with Crippen molar-refractivity contribution in [3.8, 4) is 10.7 Å². The number of aryl methyl sites for hydroxylation is 1. The molecule has 0 radical (unpaired) electrons. The second-order valence-corrected chi connectivity index (χ2v) is 6.53. The molecule has 19 heavy (non-hydrogen) atoms. The average molecular weight is 337 g/mol. The average Bonchev–Trinajstić information content (AvgIpc) is 2.93. The summed E-state index contributed by atoms with van der Waals surface area (Å²) in [4.78, 5) is 19.7. The van der Waals surface area contributed by atoms with Crippen molar-refractivity contribution < 1.29 is 9.90 Å². The van der Waals surface area contributed by atoms with Gasteiger partial charge in [-0.1, -0.05) is 6.07 Å². The molecule has 2 heterocycles. The van der Waals surface area contributed by atoms with E-state index in [1.165, 1.54) is 0 Å². The Balaban J connectivity index is 2.21. The highest BCUT2D eigenvalue weighted by molar-refractivity contribution is 9.11. The van der Waals surface area contributed by atoms with E-state index in [2.05, 4.69) is 25.9 Å². The summed E-state index contributed by atoms with van der Waals surface area (Å²) in [6, 6.07) is 7.12. The molecule has 0 unspecified atom stereocenters. The zero-order valence-electron chi connectivity index (χ0n) is 9.90. The summed E-state index contributed by atoms with van der Waals surface area (Å²) < 4.78 is 1.06. The van der Waals surface area contributed by atoms with E-state index in [-0.39, 0.29) is 5.56 Å². The lowest BCUT2D eigenvalue weighted by Crippen LogP contribution is -1.96. The Labute approximate surface area is 121 Å². The van der Waals surface area contributed by atoms with Gasteiger partial charge in [-0.15, -0.1) is 11.3 Å². The van der Waals surface area contributed by atoms with Crippen LogP contribution < -0.4 is 0 Å². The number of aromatic carboxylic acids is 1. The van der Waals surface area contributed by atoms with E-state index in [4.69, 9.17) is 5.11 Å². The zero-order chi connectivity index (χ0) is 13.6. The van der Waals surface area contributed by atoms with E-state index in [1.807, 2.05) is 19.1 Å². The van der Waals surface area contributed by atoms with Gasteiger partial charge in [-0.25, -0.2) is 9.78 Å². The van der Waals surface area contributed by atoms with Crippen molar-refractivity contribution in [2.24, 2.45) is 0 Å². The molecule has 0 aliphatic carbocycles. The van der Waals surface area contributed by atoms with Crippen LogP contribution in [0.1, 0.15) is 15.9 Å². The molecule has 2 N–H and O–H groups in total. The normalized spacial score (nSPS) is 11.1. The number of carbonyl (C=O) groups is 1. The summed E-state index contributed by atoms with van der Waals surface area (Å²) >= 11 is 5.05. The van der Waals surface area contributed by atoms with Crippen LogP contribution in [0.15, 0.2) is 28.1 Å². The minimum atomic E-state index is -0.966. The van der Waals surface area contributed by atoms with E-state index >= 15 is 0 Å². The van der Waals surface area contributed by atoms with Crippen LogP contribution in [0.4, 0.5) is 0 Å². The molecule has 3 rings (SSSR count). The number of aromatic nitrogens is 2. The summed E-state index contributed by atoms with van der Waals surface area (Å²) in [5.74, 6) is -0.269. The molecule has 0 fully saturated rings. The van der Waals surface area contributed by atoms with Crippen LogP contribution in [0, 0.1) is 6.92 Å². The van der Waals surface area contributed by atoms with E-state index in [9.17, 15) is 4.79 Å². The maximum atomic E-state index is 11.2. The maximum absolute atomic E-state index is 11.2. The minimum Gasteiger partial charge on any atom is -0.478 e. The zero-order valence-corrected chi connectivity index (χ0v) is 12.3. The second kappa shape index (κ2) is 4.47. The van der Waals surface area contributed by atoms with Gasteiger partial charge < -0.3 is 10.1 Å². The van der Waals surface area contributed by atoms with Crippen molar-refractivity contribution in [1.29, 1.82) is 0 Å². The van der Waals surface area contributed by atoms with E-state index < -0.39 is 5.97 Å². The van der Waals surface area contributed by atoms with Crippen molar-refractivity contribution >= 4 is 44.3 Å². The van der Waals surface area contributed by atoms with Crippen LogP contribution in [-0.4, -0.2) is 21.0 Å². The second-order valence-electron chi connectivity index (χ2n) is 4.16. The molecule has 0 aliphatic rings. The molecule has 0 aliphatic heterocycles. The van der Waals surface area contributed by atoms with Crippen molar-refractivity contribution in [2.45, 2.75) is 6.92 Å². The van der Waals surface area contributed by atoms with Gasteiger partial charge in [-0.2, -0.15) is 0 Å². The third kappa shape index (κ3) is 2.06. The molecule has 2 aromatic heterocycles.